The molecule has 2 atom stereocenters. The number of hydrogen-bond donors (Lipinski definition) is 2. The average molecular weight is 382 g/mol. The van der Waals surface area contributed by atoms with Crippen LogP contribution < -0.4 is 11.1 Å². The highest BCUT2D eigenvalue weighted by atomic mass is 32.2. The number of rotatable bonds is 7. The van der Waals surface area contributed by atoms with Crippen LogP contribution in [-0.2, 0) is 19.6 Å². The third-order valence-corrected chi connectivity index (χ3v) is 6.08. The number of ketones is 1. The van der Waals surface area contributed by atoms with E-state index in [4.69, 9.17) is 5.73 Å². The van der Waals surface area contributed by atoms with Gasteiger partial charge in [-0.25, -0.2) is 13.4 Å². The average Bonchev–Trinajstić information content (AvgIpc) is 2.77. The molecule has 0 radical (unpaired) electrons. The summed E-state index contributed by atoms with van der Waals surface area (Å²) in [6, 6.07) is 3.43. The zero-order valence-electron chi connectivity index (χ0n) is 15.1. The van der Waals surface area contributed by atoms with Crippen LogP contribution in [-0.4, -0.2) is 54.6 Å². The lowest BCUT2D eigenvalue weighted by Gasteiger charge is -2.23. The Kier molecular flexibility index (Phi) is 6.85. The predicted molar refractivity (Wildman–Crippen MR) is 96.6 cm³/mol. The van der Waals surface area contributed by atoms with Gasteiger partial charge in [0.2, 0.25) is 5.91 Å². The monoisotopic (exact) mass is 382 g/mol. The van der Waals surface area contributed by atoms with Crippen molar-refractivity contribution in [2.45, 2.75) is 50.2 Å². The van der Waals surface area contributed by atoms with Gasteiger partial charge in [0.05, 0.1) is 18.6 Å². The van der Waals surface area contributed by atoms with E-state index in [2.05, 4.69) is 10.3 Å². The van der Waals surface area contributed by atoms with Crippen LogP contribution in [0.2, 0.25) is 0 Å². The highest BCUT2D eigenvalue weighted by Gasteiger charge is 2.34. The number of nitrogens with zero attached hydrogens (tertiary/aromatic N) is 2. The Morgan fingerprint density at radius 2 is 2.15 bits per heavy atom. The number of hydrogen-bond acceptors (Lipinski definition) is 6. The summed E-state index contributed by atoms with van der Waals surface area (Å²) in [5.41, 5.74) is 5.43. The molecule has 3 N–H and O–H groups in total. The summed E-state index contributed by atoms with van der Waals surface area (Å²) in [7, 11) is -3.82. The summed E-state index contributed by atoms with van der Waals surface area (Å²) >= 11 is 0. The Labute approximate surface area is 154 Å². The quantitative estimate of drug-likeness (QED) is 0.699. The van der Waals surface area contributed by atoms with Gasteiger partial charge in [0.25, 0.3) is 10.0 Å². The summed E-state index contributed by atoms with van der Waals surface area (Å²) < 4.78 is 26.5. The Morgan fingerprint density at radius 1 is 1.42 bits per heavy atom. The number of carbonyl (C=O) groups excluding carboxylic acids is 2. The number of carbonyl (C=O) groups is 2. The van der Waals surface area contributed by atoms with Gasteiger partial charge in [-0.2, -0.15) is 4.31 Å². The van der Waals surface area contributed by atoms with Crippen LogP contribution in [0, 0.1) is 5.92 Å². The first kappa shape index (κ1) is 20.5. The molecular formula is C17H26N4O4S. The van der Waals surface area contributed by atoms with Crippen LogP contribution >= 0.6 is 0 Å². The normalized spacial score (nSPS) is 20.7. The molecule has 1 fully saturated rings. The molecule has 1 aliphatic rings. The van der Waals surface area contributed by atoms with Crippen molar-refractivity contribution in [3.8, 4) is 0 Å². The van der Waals surface area contributed by atoms with Gasteiger partial charge in [0.1, 0.15) is 0 Å². The number of nitrogens with one attached hydrogen (secondary N) is 1. The van der Waals surface area contributed by atoms with E-state index in [0.29, 0.717) is 19.3 Å². The van der Waals surface area contributed by atoms with Gasteiger partial charge in [0, 0.05) is 12.7 Å². The fourth-order valence-corrected chi connectivity index (χ4v) is 4.37. The summed E-state index contributed by atoms with van der Waals surface area (Å²) in [6.07, 6.45) is 2.88. The maximum atomic E-state index is 12.7. The molecule has 0 saturated carbocycles. The Balaban J connectivity index is 2.11. The van der Waals surface area contributed by atoms with E-state index < -0.39 is 28.0 Å². The van der Waals surface area contributed by atoms with Gasteiger partial charge in [0.15, 0.2) is 10.8 Å². The zero-order valence-corrected chi connectivity index (χ0v) is 15.9. The fraction of sp³-hybridized carbons (Fsp3) is 0.588. The van der Waals surface area contributed by atoms with Gasteiger partial charge in [-0.15, -0.1) is 0 Å². The molecule has 1 aliphatic heterocycles. The van der Waals surface area contributed by atoms with Crippen LogP contribution in [0.3, 0.4) is 0 Å². The van der Waals surface area contributed by atoms with Crippen LogP contribution in [0.4, 0.5) is 0 Å². The molecule has 26 heavy (non-hydrogen) atoms. The van der Waals surface area contributed by atoms with Gasteiger partial charge >= 0.3 is 0 Å². The van der Waals surface area contributed by atoms with Gasteiger partial charge in [-0.1, -0.05) is 19.9 Å². The van der Waals surface area contributed by atoms with E-state index in [1.54, 1.807) is 12.1 Å². The number of aromatic nitrogens is 1. The molecule has 0 bridgehead atoms. The van der Waals surface area contributed by atoms with Crippen molar-refractivity contribution in [1.82, 2.24) is 14.6 Å². The van der Waals surface area contributed by atoms with Crippen molar-refractivity contribution in [2.24, 2.45) is 11.7 Å². The van der Waals surface area contributed by atoms with Gasteiger partial charge in [-0.05, 0) is 37.3 Å². The second-order valence-electron chi connectivity index (χ2n) is 6.92. The molecule has 2 heterocycles. The molecule has 0 aliphatic carbocycles. The van der Waals surface area contributed by atoms with Crippen molar-refractivity contribution in [1.29, 1.82) is 0 Å². The highest BCUT2D eigenvalue weighted by molar-refractivity contribution is 7.89. The molecule has 8 nitrogen and oxygen atoms in total. The number of Topliss-reactive ketones (excluding diaryl/α,β-unsaturated/α-hetero) is 1. The molecule has 9 heteroatoms. The number of pyridine rings is 1. The molecule has 1 aromatic heterocycles. The van der Waals surface area contributed by atoms with Crippen molar-refractivity contribution in [3.63, 3.8) is 0 Å². The summed E-state index contributed by atoms with van der Waals surface area (Å²) in [5, 5.41) is 2.95. The van der Waals surface area contributed by atoms with Crippen molar-refractivity contribution >= 4 is 21.7 Å². The lowest BCUT2D eigenvalue weighted by molar-refractivity contribution is -0.123. The molecule has 1 aromatic rings. The van der Waals surface area contributed by atoms with E-state index >= 15 is 0 Å². The maximum Gasteiger partial charge on any atom is 0.260 e. The predicted octanol–water partition coefficient (Wildman–Crippen LogP) is 0.293. The Bertz CT molecular complexity index is 736. The van der Waals surface area contributed by atoms with E-state index in [1.807, 2.05) is 13.8 Å². The number of primary amides is 1. The smallest absolute Gasteiger partial charge is 0.260 e. The van der Waals surface area contributed by atoms with Crippen LogP contribution in [0.5, 0.6) is 0 Å². The third-order valence-electron chi connectivity index (χ3n) is 4.32. The number of sulfonamides is 1. The van der Waals surface area contributed by atoms with E-state index in [0.717, 1.165) is 4.31 Å². The highest BCUT2D eigenvalue weighted by Crippen LogP contribution is 2.18. The molecule has 1 saturated heterocycles. The molecular weight excluding hydrogens is 356 g/mol. The first-order chi connectivity index (χ1) is 12.2. The summed E-state index contributed by atoms with van der Waals surface area (Å²) in [6.45, 7) is 3.92. The van der Waals surface area contributed by atoms with Crippen LogP contribution in [0.15, 0.2) is 29.4 Å². The maximum absolute atomic E-state index is 12.7. The minimum absolute atomic E-state index is 0.0750. The van der Waals surface area contributed by atoms with Gasteiger partial charge in [-0.3, -0.25) is 14.9 Å². The molecule has 2 rings (SSSR count). The van der Waals surface area contributed by atoms with Crippen LogP contribution in [0.1, 0.15) is 33.1 Å². The first-order valence-electron chi connectivity index (χ1n) is 8.71. The van der Waals surface area contributed by atoms with Crippen LogP contribution in [0.25, 0.3) is 0 Å². The second kappa shape index (κ2) is 8.70. The minimum Gasteiger partial charge on any atom is -0.368 e. The SMILES string of the molecule is CC(C)C[C@H](NC1CCCN(S(=O)(=O)c2ccccn2)CC1=O)C(N)=O. The zero-order chi connectivity index (χ0) is 19.3. The Hall–Kier alpha value is -1.84. The summed E-state index contributed by atoms with van der Waals surface area (Å²) in [4.78, 5) is 28.1. The minimum atomic E-state index is -3.82. The van der Waals surface area contributed by atoms with Crippen molar-refractivity contribution in [2.75, 3.05) is 13.1 Å². The van der Waals surface area contributed by atoms with E-state index in [1.165, 1.54) is 12.3 Å². The largest absolute Gasteiger partial charge is 0.368 e. The fourth-order valence-electron chi connectivity index (χ4n) is 2.99. The standard InChI is InChI=1S/C17H26N4O4S/c1-12(2)10-14(17(18)23)20-13-6-5-9-21(11-15(13)22)26(24,25)16-7-3-4-8-19-16/h3-4,7-8,12-14,20H,5-6,9-11H2,1-2H3,(H2,18,23)/t13?,14-/m0/s1. The second-order valence-corrected chi connectivity index (χ2v) is 8.80. The molecule has 1 amide bonds. The van der Waals surface area contributed by atoms with E-state index in [-0.39, 0.29) is 29.8 Å². The van der Waals surface area contributed by atoms with Gasteiger partial charge < -0.3 is 5.73 Å². The van der Waals surface area contributed by atoms with Crippen molar-refractivity contribution in [3.05, 3.63) is 24.4 Å². The van der Waals surface area contributed by atoms with E-state index in [9.17, 15) is 18.0 Å². The molecule has 1 unspecified atom stereocenters. The topological polar surface area (TPSA) is 122 Å². The Morgan fingerprint density at radius 3 is 2.73 bits per heavy atom. The van der Waals surface area contributed by atoms with Crippen molar-refractivity contribution < 1.29 is 18.0 Å². The number of amides is 1. The molecule has 0 spiro atoms. The lowest BCUT2D eigenvalue weighted by atomic mass is 10.0. The first-order valence-corrected chi connectivity index (χ1v) is 10.1. The summed E-state index contributed by atoms with van der Waals surface area (Å²) in [5.74, 6) is -0.535. The molecule has 144 valence electrons. The third kappa shape index (κ3) is 5.09. The lowest BCUT2D eigenvalue weighted by Crippen LogP contribution is -2.51. The number of nitrogens with two attached hydrogens (primary N) is 1. The molecule has 0 aromatic carbocycles.